The molecule has 0 amide bonds. The van der Waals surface area contributed by atoms with Crippen molar-refractivity contribution in [1.29, 1.82) is 5.26 Å². The zero-order valence-corrected chi connectivity index (χ0v) is 10.9. The van der Waals surface area contributed by atoms with E-state index in [1.165, 1.54) is 19.2 Å². The Balaban J connectivity index is 2.23. The minimum atomic E-state index is -0.573. The molecule has 1 aliphatic rings. The Labute approximate surface area is 115 Å². The number of nitriles is 1. The molecule has 1 saturated heterocycles. The van der Waals surface area contributed by atoms with Crippen LogP contribution in [0.3, 0.4) is 0 Å². The molecule has 1 aromatic rings. The molecule has 20 heavy (non-hydrogen) atoms. The maximum atomic E-state index is 11.5. The predicted molar refractivity (Wildman–Crippen MR) is 70.1 cm³/mol. The number of methoxy groups -OCH3 is 1. The number of carbonyl (C=O) groups is 1. The van der Waals surface area contributed by atoms with Crippen molar-refractivity contribution >= 4 is 17.3 Å². The highest BCUT2D eigenvalue weighted by Gasteiger charge is 2.30. The lowest BCUT2D eigenvalue weighted by Crippen LogP contribution is -2.23. The number of esters is 1. The molecule has 0 spiro atoms. The third-order valence-electron chi connectivity index (χ3n) is 3.39. The van der Waals surface area contributed by atoms with Crippen LogP contribution in [-0.2, 0) is 9.53 Å². The van der Waals surface area contributed by atoms with E-state index in [0.717, 1.165) is 0 Å². The van der Waals surface area contributed by atoms with Gasteiger partial charge in [-0.25, -0.2) is 0 Å². The van der Waals surface area contributed by atoms with Gasteiger partial charge in [-0.3, -0.25) is 14.9 Å². The molecule has 0 saturated carbocycles. The molecular formula is C13H13N3O4. The lowest BCUT2D eigenvalue weighted by atomic mass is 10.1. The zero-order chi connectivity index (χ0) is 14.7. The number of ether oxygens (including phenoxy) is 1. The Morgan fingerprint density at radius 2 is 2.35 bits per heavy atom. The van der Waals surface area contributed by atoms with Crippen molar-refractivity contribution in [2.45, 2.75) is 6.42 Å². The summed E-state index contributed by atoms with van der Waals surface area (Å²) in [4.78, 5) is 23.7. The fourth-order valence-electron chi connectivity index (χ4n) is 2.32. The van der Waals surface area contributed by atoms with E-state index in [2.05, 4.69) is 0 Å². The zero-order valence-electron chi connectivity index (χ0n) is 10.9. The summed E-state index contributed by atoms with van der Waals surface area (Å²) < 4.78 is 4.70. The summed E-state index contributed by atoms with van der Waals surface area (Å²) in [5.74, 6) is -0.481. The van der Waals surface area contributed by atoms with Gasteiger partial charge in [0.1, 0.15) is 11.6 Å². The van der Waals surface area contributed by atoms with E-state index in [1.807, 2.05) is 4.90 Å². The van der Waals surface area contributed by atoms with E-state index < -0.39 is 4.92 Å². The summed E-state index contributed by atoms with van der Waals surface area (Å²) >= 11 is 0. The second kappa shape index (κ2) is 5.57. The first kappa shape index (κ1) is 13.8. The highest BCUT2D eigenvalue weighted by molar-refractivity contribution is 5.74. The van der Waals surface area contributed by atoms with Crippen molar-refractivity contribution in [3.63, 3.8) is 0 Å². The molecule has 1 unspecified atom stereocenters. The van der Waals surface area contributed by atoms with Gasteiger partial charge >= 0.3 is 5.97 Å². The SMILES string of the molecule is COC(=O)C1CCN(c2ccc(C#N)c([N+](=O)[O-])c2)C1. The molecule has 7 heteroatoms. The van der Waals surface area contributed by atoms with Crippen LogP contribution in [0.4, 0.5) is 11.4 Å². The van der Waals surface area contributed by atoms with E-state index in [1.54, 1.807) is 12.1 Å². The maximum Gasteiger partial charge on any atom is 0.310 e. The van der Waals surface area contributed by atoms with Crippen LogP contribution in [0.15, 0.2) is 18.2 Å². The summed E-state index contributed by atoms with van der Waals surface area (Å²) in [6, 6.07) is 6.26. The fourth-order valence-corrected chi connectivity index (χ4v) is 2.32. The molecule has 104 valence electrons. The third kappa shape index (κ3) is 2.54. The summed E-state index contributed by atoms with van der Waals surface area (Å²) in [7, 11) is 1.34. The summed E-state index contributed by atoms with van der Waals surface area (Å²) in [5, 5.41) is 19.8. The highest BCUT2D eigenvalue weighted by atomic mass is 16.6. The molecule has 0 N–H and O–H groups in total. The maximum absolute atomic E-state index is 11.5. The normalized spacial score (nSPS) is 17.6. The molecule has 0 radical (unpaired) electrons. The average Bonchev–Trinajstić information content (AvgIpc) is 2.95. The molecule has 2 rings (SSSR count). The first-order valence-corrected chi connectivity index (χ1v) is 6.08. The molecule has 0 bridgehead atoms. The number of nitro benzene ring substituents is 1. The van der Waals surface area contributed by atoms with Gasteiger partial charge in [-0.2, -0.15) is 5.26 Å². The Bertz CT molecular complexity index is 594. The van der Waals surface area contributed by atoms with Gasteiger partial charge in [0, 0.05) is 24.8 Å². The molecule has 0 aliphatic carbocycles. The van der Waals surface area contributed by atoms with Gasteiger partial charge in [0.25, 0.3) is 5.69 Å². The van der Waals surface area contributed by atoms with Crippen molar-refractivity contribution in [1.82, 2.24) is 0 Å². The topological polar surface area (TPSA) is 96.5 Å². The van der Waals surface area contributed by atoms with Crippen LogP contribution in [0.1, 0.15) is 12.0 Å². The highest BCUT2D eigenvalue weighted by Crippen LogP contribution is 2.29. The Hall–Kier alpha value is -2.62. The van der Waals surface area contributed by atoms with Crippen LogP contribution in [0, 0.1) is 27.4 Å². The van der Waals surface area contributed by atoms with Crippen molar-refractivity contribution < 1.29 is 14.5 Å². The molecule has 0 aromatic heterocycles. The molecule has 1 aromatic carbocycles. The average molecular weight is 275 g/mol. The molecule has 1 aliphatic heterocycles. The van der Waals surface area contributed by atoms with E-state index in [4.69, 9.17) is 10.00 Å². The lowest BCUT2D eigenvalue weighted by molar-refractivity contribution is -0.385. The van der Waals surface area contributed by atoms with Gasteiger partial charge in [0.15, 0.2) is 0 Å². The van der Waals surface area contributed by atoms with Crippen molar-refractivity contribution in [3.8, 4) is 6.07 Å². The van der Waals surface area contributed by atoms with Gasteiger partial charge in [-0.05, 0) is 18.6 Å². The number of anilines is 1. The third-order valence-corrected chi connectivity index (χ3v) is 3.39. The largest absolute Gasteiger partial charge is 0.469 e. The van der Waals surface area contributed by atoms with Gasteiger partial charge in [0.2, 0.25) is 0 Å². The van der Waals surface area contributed by atoms with Gasteiger partial charge < -0.3 is 9.64 Å². The minimum absolute atomic E-state index is 0.0301. The fraction of sp³-hybridized carbons (Fsp3) is 0.385. The number of nitro groups is 1. The van der Waals surface area contributed by atoms with Gasteiger partial charge in [0.05, 0.1) is 18.0 Å². The molecule has 7 nitrogen and oxygen atoms in total. The number of carbonyl (C=O) groups excluding carboxylic acids is 1. The van der Waals surface area contributed by atoms with Gasteiger partial charge in [-0.15, -0.1) is 0 Å². The second-order valence-electron chi connectivity index (χ2n) is 4.53. The monoisotopic (exact) mass is 275 g/mol. The molecule has 1 atom stereocenters. The van der Waals surface area contributed by atoms with E-state index in [-0.39, 0.29) is 23.1 Å². The summed E-state index contributed by atoms with van der Waals surface area (Å²) in [6.07, 6.45) is 0.653. The van der Waals surface area contributed by atoms with Crippen LogP contribution in [0.5, 0.6) is 0 Å². The minimum Gasteiger partial charge on any atom is -0.469 e. The van der Waals surface area contributed by atoms with E-state index in [0.29, 0.717) is 25.2 Å². The van der Waals surface area contributed by atoms with Crippen LogP contribution < -0.4 is 4.90 Å². The first-order valence-electron chi connectivity index (χ1n) is 6.08. The Kier molecular flexibility index (Phi) is 3.84. The summed E-state index contributed by atoms with van der Waals surface area (Å²) in [6.45, 7) is 1.10. The van der Waals surface area contributed by atoms with Crippen LogP contribution in [0.25, 0.3) is 0 Å². The van der Waals surface area contributed by atoms with Crippen LogP contribution in [0.2, 0.25) is 0 Å². The van der Waals surface area contributed by atoms with Gasteiger partial charge in [-0.1, -0.05) is 0 Å². The molecule has 1 heterocycles. The number of hydrogen-bond donors (Lipinski definition) is 0. The number of nitrogens with zero attached hydrogens (tertiary/aromatic N) is 3. The predicted octanol–water partition coefficient (Wildman–Crippen LogP) is 1.47. The number of rotatable bonds is 3. The van der Waals surface area contributed by atoms with Crippen molar-refractivity contribution in [2.75, 3.05) is 25.1 Å². The van der Waals surface area contributed by atoms with Crippen LogP contribution in [-0.4, -0.2) is 31.1 Å². The van der Waals surface area contributed by atoms with E-state index in [9.17, 15) is 14.9 Å². The van der Waals surface area contributed by atoms with Crippen molar-refractivity contribution in [2.24, 2.45) is 5.92 Å². The molecular weight excluding hydrogens is 262 g/mol. The molecule has 1 fully saturated rings. The number of hydrogen-bond acceptors (Lipinski definition) is 6. The van der Waals surface area contributed by atoms with E-state index >= 15 is 0 Å². The second-order valence-corrected chi connectivity index (χ2v) is 4.53. The Morgan fingerprint density at radius 3 is 2.95 bits per heavy atom. The first-order chi connectivity index (χ1) is 9.56. The number of benzene rings is 1. The van der Waals surface area contributed by atoms with Crippen molar-refractivity contribution in [3.05, 3.63) is 33.9 Å². The smallest absolute Gasteiger partial charge is 0.310 e. The Morgan fingerprint density at radius 1 is 1.60 bits per heavy atom. The quantitative estimate of drug-likeness (QED) is 0.470. The summed E-state index contributed by atoms with van der Waals surface area (Å²) in [5.41, 5.74) is 0.455. The van der Waals surface area contributed by atoms with Crippen LogP contribution >= 0.6 is 0 Å². The lowest BCUT2D eigenvalue weighted by Gasteiger charge is -2.18. The standard InChI is InChI=1S/C13H13N3O4/c1-20-13(17)10-4-5-15(8-10)11-3-2-9(7-14)12(6-11)16(18)19/h2-3,6,10H,4-5,8H2,1H3.